The van der Waals surface area contributed by atoms with E-state index in [0.29, 0.717) is 0 Å². The molecule has 0 bridgehead atoms. The van der Waals surface area contributed by atoms with E-state index >= 15 is 0 Å². The van der Waals surface area contributed by atoms with Crippen molar-refractivity contribution in [3.05, 3.63) is 17.5 Å². The Morgan fingerprint density at radius 3 is 2.60 bits per heavy atom. The van der Waals surface area contributed by atoms with Crippen molar-refractivity contribution in [3.8, 4) is 0 Å². The van der Waals surface area contributed by atoms with Crippen molar-refractivity contribution >= 4 is 33.2 Å². The third-order valence-corrected chi connectivity index (χ3v) is 5.74. The number of carboxylic acid groups (broad SMARTS) is 1. The fourth-order valence-corrected chi connectivity index (χ4v) is 3.76. The van der Waals surface area contributed by atoms with Crippen LogP contribution in [-0.2, 0) is 19.6 Å². The number of thiophene rings is 1. The average Bonchev–Trinajstić information content (AvgIpc) is 2.89. The van der Waals surface area contributed by atoms with E-state index < -0.39 is 34.5 Å². The molecule has 1 aromatic rings. The van der Waals surface area contributed by atoms with Gasteiger partial charge in [0.2, 0.25) is 5.91 Å². The zero-order valence-corrected chi connectivity index (χ0v) is 12.7. The van der Waals surface area contributed by atoms with Gasteiger partial charge in [0.1, 0.15) is 10.3 Å². The molecule has 7 nitrogen and oxygen atoms in total. The maximum absolute atomic E-state index is 12.1. The quantitative estimate of drug-likeness (QED) is 0.754. The lowest BCUT2D eigenvalue weighted by Gasteiger charge is -2.17. The molecule has 0 spiro atoms. The van der Waals surface area contributed by atoms with Crippen molar-refractivity contribution in [1.29, 1.82) is 0 Å². The first-order chi connectivity index (χ1) is 9.28. The SMILES string of the molecule is CC[C@@H](NC(=O)CN(C)S(=O)(=O)c1cccs1)C(=O)O. The highest BCUT2D eigenvalue weighted by molar-refractivity contribution is 7.91. The topological polar surface area (TPSA) is 104 Å². The number of carbonyl (C=O) groups is 2. The van der Waals surface area contributed by atoms with Gasteiger partial charge in [-0.05, 0) is 17.9 Å². The molecule has 0 aliphatic rings. The summed E-state index contributed by atoms with van der Waals surface area (Å²) in [5.41, 5.74) is 0. The number of sulfonamides is 1. The van der Waals surface area contributed by atoms with E-state index in [1.807, 2.05) is 0 Å². The average molecular weight is 320 g/mol. The highest BCUT2D eigenvalue weighted by atomic mass is 32.2. The molecule has 0 unspecified atom stereocenters. The summed E-state index contributed by atoms with van der Waals surface area (Å²) in [6.07, 6.45) is 0.225. The molecule has 0 fully saturated rings. The first kappa shape index (κ1) is 16.6. The third kappa shape index (κ3) is 4.02. The molecule has 1 rings (SSSR count). The molecule has 1 atom stereocenters. The number of aliphatic carboxylic acids is 1. The van der Waals surface area contributed by atoms with Crippen molar-refractivity contribution in [1.82, 2.24) is 9.62 Å². The summed E-state index contributed by atoms with van der Waals surface area (Å²) >= 11 is 1.05. The smallest absolute Gasteiger partial charge is 0.326 e. The maximum atomic E-state index is 12.1. The summed E-state index contributed by atoms with van der Waals surface area (Å²) in [6.45, 7) is 1.19. The number of nitrogens with one attached hydrogen (secondary N) is 1. The third-order valence-electron chi connectivity index (χ3n) is 2.57. The van der Waals surface area contributed by atoms with Crippen molar-refractivity contribution in [3.63, 3.8) is 0 Å². The Morgan fingerprint density at radius 1 is 1.50 bits per heavy atom. The summed E-state index contributed by atoms with van der Waals surface area (Å²) < 4.78 is 25.1. The van der Waals surface area contributed by atoms with Gasteiger partial charge < -0.3 is 10.4 Å². The Bertz CT molecular complexity index is 568. The molecule has 0 aromatic carbocycles. The van der Waals surface area contributed by atoms with Crippen molar-refractivity contribution in [2.45, 2.75) is 23.6 Å². The number of nitrogens with zero attached hydrogens (tertiary/aromatic N) is 1. The van der Waals surface area contributed by atoms with Crippen LogP contribution in [0.25, 0.3) is 0 Å². The molecule has 1 amide bonds. The van der Waals surface area contributed by atoms with E-state index in [0.717, 1.165) is 15.6 Å². The fraction of sp³-hybridized carbons (Fsp3) is 0.455. The first-order valence-electron chi connectivity index (χ1n) is 5.81. The minimum atomic E-state index is -3.71. The number of hydrogen-bond donors (Lipinski definition) is 2. The lowest BCUT2D eigenvalue weighted by molar-refractivity contribution is -0.141. The van der Waals surface area contributed by atoms with Crippen LogP contribution in [0.1, 0.15) is 13.3 Å². The maximum Gasteiger partial charge on any atom is 0.326 e. The summed E-state index contributed by atoms with van der Waals surface area (Å²) in [5, 5.41) is 12.7. The summed E-state index contributed by atoms with van der Waals surface area (Å²) in [6, 6.07) is 2.03. The largest absolute Gasteiger partial charge is 0.480 e. The molecule has 20 heavy (non-hydrogen) atoms. The standard InChI is InChI=1S/C11H16N2O5S2/c1-3-8(11(15)16)12-9(14)7-13(2)20(17,18)10-5-4-6-19-10/h4-6,8H,3,7H2,1-2H3,(H,12,14)(H,15,16)/t8-/m1/s1. The minimum Gasteiger partial charge on any atom is -0.480 e. The van der Waals surface area contributed by atoms with Crippen LogP contribution in [-0.4, -0.2) is 49.3 Å². The van der Waals surface area contributed by atoms with Gasteiger partial charge in [-0.3, -0.25) is 4.79 Å². The monoisotopic (exact) mass is 320 g/mol. The number of carboxylic acids is 1. The second-order valence-corrected chi connectivity index (χ2v) is 7.28. The van der Waals surface area contributed by atoms with Crippen LogP contribution in [0.2, 0.25) is 0 Å². The van der Waals surface area contributed by atoms with E-state index in [9.17, 15) is 18.0 Å². The second-order valence-electron chi connectivity index (χ2n) is 4.06. The van der Waals surface area contributed by atoms with Crippen LogP contribution in [0.5, 0.6) is 0 Å². The van der Waals surface area contributed by atoms with Crippen molar-refractivity contribution in [2.75, 3.05) is 13.6 Å². The molecular weight excluding hydrogens is 304 g/mol. The van der Waals surface area contributed by atoms with Gasteiger partial charge in [0.15, 0.2) is 0 Å². The molecule has 1 heterocycles. The number of hydrogen-bond acceptors (Lipinski definition) is 5. The van der Waals surface area contributed by atoms with Gasteiger partial charge in [0, 0.05) is 7.05 Å². The zero-order valence-electron chi connectivity index (χ0n) is 11.1. The highest BCUT2D eigenvalue weighted by Crippen LogP contribution is 2.19. The fourth-order valence-electron chi connectivity index (χ4n) is 1.43. The van der Waals surface area contributed by atoms with Crippen LogP contribution in [0.3, 0.4) is 0 Å². The van der Waals surface area contributed by atoms with Crippen molar-refractivity contribution < 1.29 is 23.1 Å². The Labute approximate surface area is 121 Å². The van der Waals surface area contributed by atoms with Gasteiger partial charge in [-0.25, -0.2) is 13.2 Å². The van der Waals surface area contributed by atoms with Crippen LogP contribution >= 0.6 is 11.3 Å². The number of carbonyl (C=O) groups excluding carboxylic acids is 1. The molecule has 0 radical (unpaired) electrons. The Hall–Kier alpha value is -1.45. The lowest BCUT2D eigenvalue weighted by atomic mass is 10.2. The predicted octanol–water partition coefficient (Wildman–Crippen LogP) is 0.348. The highest BCUT2D eigenvalue weighted by Gasteiger charge is 2.25. The molecule has 1 aromatic heterocycles. The molecule has 112 valence electrons. The van der Waals surface area contributed by atoms with Gasteiger partial charge in [-0.15, -0.1) is 11.3 Å². The Morgan fingerprint density at radius 2 is 2.15 bits per heavy atom. The molecule has 0 aliphatic carbocycles. The van der Waals surface area contributed by atoms with Crippen LogP contribution in [0.15, 0.2) is 21.7 Å². The molecule has 0 saturated carbocycles. The second kappa shape index (κ2) is 6.82. The van der Waals surface area contributed by atoms with Crippen LogP contribution < -0.4 is 5.32 Å². The van der Waals surface area contributed by atoms with Gasteiger partial charge >= 0.3 is 5.97 Å². The first-order valence-corrected chi connectivity index (χ1v) is 8.13. The van der Waals surface area contributed by atoms with Gasteiger partial charge in [0.25, 0.3) is 10.0 Å². The Kier molecular flexibility index (Phi) is 5.66. The number of amides is 1. The van der Waals surface area contributed by atoms with E-state index in [1.54, 1.807) is 18.4 Å². The van der Waals surface area contributed by atoms with E-state index in [1.165, 1.54) is 13.1 Å². The van der Waals surface area contributed by atoms with Gasteiger partial charge in [-0.1, -0.05) is 13.0 Å². The number of rotatable bonds is 7. The number of likely N-dealkylation sites (N-methyl/N-ethyl adjacent to an activating group) is 1. The van der Waals surface area contributed by atoms with Gasteiger partial charge in [-0.2, -0.15) is 4.31 Å². The molecule has 2 N–H and O–H groups in total. The van der Waals surface area contributed by atoms with Gasteiger partial charge in [0.05, 0.1) is 6.54 Å². The van der Waals surface area contributed by atoms with Crippen LogP contribution in [0.4, 0.5) is 0 Å². The predicted molar refractivity (Wildman–Crippen MR) is 74.0 cm³/mol. The lowest BCUT2D eigenvalue weighted by Crippen LogP contribution is -2.45. The van der Waals surface area contributed by atoms with E-state index in [2.05, 4.69) is 5.32 Å². The van der Waals surface area contributed by atoms with Crippen molar-refractivity contribution in [2.24, 2.45) is 0 Å². The molecule has 9 heteroatoms. The summed E-state index contributed by atoms with van der Waals surface area (Å²) in [5.74, 6) is -1.80. The molecular formula is C11H16N2O5S2. The molecule has 0 aliphatic heterocycles. The summed E-state index contributed by atoms with van der Waals surface area (Å²) in [4.78, 5) is 22.5. The van der Waals surface area contributed by atoms with E-state index in [-0.39, 0.29) is 10.6 Å². The Balaban J connectivity index is 2.69. The van der Waals surface area contributed by atoms with Crippen LogP contribution in [0, 0.1) is 0 Å². The minimum absolute atomic E-state index is 0.137. The normalized spacial score (nSPS) is 13.2. The molecule has 0 saturated heterocycles. The zero-order chi connectivity index (χ0) is 15.3. The summed E-state index contributed by atoms with van der Waals surface area (Å²) in [7, 11) is -2.44. The van der Waals surface area contributed by atoms with E-state index in [4.69, 9.17) is 5.11 Å².